The van der Waals surface area contributed by atoms with Crippen LogP contribution in [0.2, 0.25) is 0 Å². The van der Waals surface area contributed by atoms with Crippen molar-refractivity contribution in [3.63, 3.8) is 0 Å². The minimum absolute atomic E-state index is 0.348. The highest BCUT2D eigenvalue weighted by atomic mass is 16.3. The highest BCUT2D eigenvalue weighted by Crippen LogP contribution is 2.17. The first-order valence-corrected chi connectivity index (χ1v) is 5.73. The van der Waals surface area contributed by atoms with Gasteiger partial charge in [-0.15, -0.1) is 0 Å². The molecular weight excluding hydrogens is 214 g/mol. The van der Waals surface area contributed by atoms with Gasteiger partial charge in [-0.1, -0.05) is 17.7 Å². The molecule has 4 heteroatoms. The topological polar surface area (TPSA) is 60.9 Å². The minimum atomic E-state index is 0.348. The highest BCUT2D eigenvalue weighted by Gasteiger charge is 2.01. The zero-order valence-electron chi connectivity index (χ0n) is 9.90. The summed E-state index contributed by atoms with van der Waals surface area (Å²) in [4.78, 5) is 7.20. The molecule has 0 spiro atoms. The summed E-state index contributed by atoms with van der Waals surface area (Å²) in [5, 5.41) is 12.9. The van der Waals surface area contributed by atoms with E-state index in [0.29, 0.717) is 12.3 Å². The Balaban J connectivity index is 1.80. The predicted molar refractivity (Wildman–Crippen MR) is 66.8 cm³/mol. The fourth-order valence-corrected chi connectivity index (χ4v) is 1.72. The lowest BCUT2D eigenvalue weighted by Crippen LogP contribution is -2.17. The second kappa shape index (κ2) is 5.50. The number of H-pyrrole nitrogens is 1. The molecule has 0 atom stereocenters. The molecule has 0 radical (unpaired) electrons. The molecule has 0 aliphatic carbocycles. The second-order valence-corrected chi connectivity index (χ2v) is 4.09. The van der Waals surface area contributed by atoms with Crippen LogP contribution < -0.4 is 5.32 Å². The van der Waals surface area contributed by atoms with Crippen LogP contribution in [0.5, 0.6) is 5.75 Å². The number of aromatic amines is 1. The van der Waals surface area contributed by atoms with E-state index in [2.05, 4.69) is 15.3 Å². The number of nitrogens with one attached hydrogen (secondary N) is 2. The first kappa shape index (κ1) is 11.7. The van der Waals surface area contributed by atoms with Crippen LogP contribution >= 0.6 is 0 Å². The van der Waals surface area contributed by atoms with E-state index in [0.717, 1.165) is 29.9 Å². The quantitative estimate of drug-likeness (QED) is 0.687. The SMILES string of the molecule is Cc1ccc(O)c(CNCCc2ncc[nH]2)c1. The first-order valence-electron chi connectivity index (χ1n) is 5.73. The summed E-state index contributed by atoms with van der Waals surface area (Å²) in [6.07, 6.45) is 4.43. The number of imidazole rings is 1. The van der Waals surface area contributed by atoms with Crippen molar-refractivity contribution >= 4 is 0 Å². The van der Waals surface area contributed by atoms with E-state index in [9.17, 15) is 5.11 Å². The molecule has 0 saturated carbocycles. The van der Waals surface area contributed by atoms with Crippen molar-refractivity contribution in [3.05, 3.63) is 47.5 Å². The van der Waals surface area contributed by atoms with Crippen LogP contribution in [0.25, 0.3) is 0 Å². The Labute approximate surface area is 101 Å². The van der Waals surface area contributed by atoms with Gasteiger partial charge in [0, 0.05) is 37.5 Å². The zero-order chi connectivity index (χ0) is 12.1. The smallest absolute Gasteiger partial charge is 0.120 e. The Hall–Kier alpha value is -1.81. The van der Waals surface area contributed by atoms with Gasteiger partial charge in [0.25, 0.3) is 0 Å². The van der Waals surface area contributed by atoms with Crippen LogP contribution in [0, 0.1) is 6.92 Å². The summed E-state index contributed by atoms with van der Waals surface area (Å²) >= 11 is 0. The Bertz CT molecular complexity index is 466. The van der Waals surface area contributed by atoms with E-state index in [4.69, 9.17) is 0 Å². The molecule has 0 aliphatic rings. The summed E-state index contributed by atoms with van der Waals surface area (Å²) in [5.74, 6) is 1.33. The third kappa shape index (κ3) is 3.32. The van der Waals surface area contributed by atoms with Crippen LogP contribution in [0.4, 0.5) is 0 Å². The Morgan fingerprint density at radius 2 is 2.29 bits per heavy atom. The third-order valence-corrected chi connectivity index (χ3v) is 2.64. The number of phenols is 1. The van der Waals surface area contributed by atoms with Gasteiger partial charge in [-0.05, 0) is 13.0 Å². The number of benzene rings is 1. The maximum atomic E-state index is 9.66. The average Bonchev–Trinajstić information content (AvgIpc) is 2.82. The van der Waals surface area contributed by atoms with E-state index >= 15 is 0 Å². The molecule has 0 saturated heterocycles. The highest BCUT2D eigenvalue weighted by molar-refractivity contribution is 5.35. The molecule has 4 nitrogen and oxygen atoms in total. The lowest BCUT2D eigenvalue weighted by molar-refractivity contribution is 0.464. The Morgan fingerprint density at radius 1 is 1.41 bits per heavy atom. The molecule has 0 bridgehead atoms. The monoisotopic (exact) mass is 231 g/mol. The van der Waals surface area contributed by atoms with Crippen LogP contribution in [0.15, 0.2) is 30.6 Å². The van der Waals surface area contributed by atoms with Gasteiger partial charge in [-0.3, -0.25) is 0 Å². The molecule has 0 fully saturated rings. The number of hydrogen-bond donors (Lipinski definition) is 3. The molecule has 2 aromatic rings. The van der Waals surface area contributed by atoms with Crippen LogP contribution in [0.1, 0.15) is 17.0 Å². The number of phenolic OH excluding ortho intramolecular Hbond substituents is 1. The average molecular weight is 231 g/mol. The molecular formula is C13H17N3O. The fraction of sp³-hybridized carbons (Fsp3) is 0.308. The molecule has 0 amide bonds. The fourth-order valence-electron chi connectivity index (χ4n) is 1.72. The van der Waals surface area contributed by atoms with Gasteiger partial charge in [0.05, 0.1) is 0 Å². The number of aromatic hydroxyl groups is 1. The molecule has 90 valence electrons. The molecule has 17 heavy (non-hydrogen) atoms. The molecule has 0 aliphatic heterocycles. The normalized spacial score (nSPS) is 10.6. The second-order valence-electron chi connectivity index (χ2n) is 4.09. The van der Waals surface area contributed by atoms with E-state index in [1.807, 2.05) is 25.3 Å². The molecule has 1 aromatic carbocycles. The largest absolute Gasteiger partial charge is 0.508 e. The summed E-state index contributed by atoms with van der Waals surface area (Å²) in [6.45, 7) is 3.53. The van der Waals surface area contributed by atoms with Crippen molar-refractivity contribution in [3.8, 4) is 5.75 Å². The van der Waals surface area contributed by atoms with E-state index in [1.54, 1.807) is 12.3 Å². The molecule has 1 aromatic heterocycles. The Morgan fingerprint density at radius 3 is 3.06 bits per heavy atom. The number of aryl methyl sites for hydroxylation is 1. The van der Waals surface area contributed by atoms with Crippen molar-refractivity contribution < 1.29 is 5.11 Å². The Kier molecular flexibility index (Phi) is 3.77. The first-order chi connectivity index (χ1) is 8.25. The number of nitrogens with zero attached hydrogens (tertiary/aromatic N) is 1. The van der Waals surface area contributed by atoms with Crippen molar-refractivity contribution in [1.29, 1.82) is 0 Å². The molecule has 2 rings (SSSR count). The van der Waals surface area contributed by atoms with Crippen molar-refractivity contribution in [2.45, 2.75) is 19.9 Å². The van der Waals surface area contributed by atoms with Gasteiger partial charge in [0.15, 0.2) is 0 Å². The van der Waals surface area contributed by atoms with Crippen LogP contribution in [-0.2, 0) is 13.0 Å². The minimum Gasteiger partial charge on any atom is -0.508 e. The number of rotatable bonds is 5. The van der Waals surface area contributed by atoms with Gasteiger partial charge < -0.3 is 15.4 Å². The lowest BCUT2D eigenvalue weighted by atomic mass is 10.1. The van der Waals surface area contributed by atoms with Crippen molar-refractivity contribution in [1.82, 2.24) is 15.3 Å². The van der Waals surface area contributed by atoms with Crippen LogP contribution in [-0.4, -0.2) is 21.6 Å². The maximum absolute atomic E-state index is 9.66. The van der Waals surface area contributed by atoms with Crippen LogP contribution in [0.3, 0.4) is 0 Å². The molecule has 0 unspecified atom stereocenters. The van der Waals surface area contributed by atoms with E-state index in [1.165, 1.54) is 0 Å². The zero-order valence-corrected chi connectivity index (χ0v) is 9.90. The van der Waals surface area contributed by atoms with Crippen molar-refractivity contribution in [2.75, 3.05) is 6.54 Å². The van der Waals surface area contributed by atoms with Gasteiger partial charge in [-0.25, -0.2) is 4.98 Å². The third-order valence-electron chi connectivity index (χ3n) is 2.64. The summed E-state index contributed by atoms with van der Waals surface area (Å²) in [6, 6.07) is 5.63. The summed E-state index contributed by atoms with van der Waals surface area (Å²) < 4.78 is 0. The van der Waals surface area contributed by atoms with E-state index in [-0.39, 0.29) is 0 Å². The van der Waals surface area contributed by atoms with Gasteiger partial charge in [0.1, 0.15) is 11.6 Å². The summed E-state index contributed by atoms with van der Waals surface area (Å²) in [7, 11) is 0. The van der Waals surface area contributed by atoms with Gasteiger partial charge in [0.2, 0.25) is 0 Å². The lowest BCUT2D eigenvalue weighted by Gasteiger charge is -2.07. The standard InChI is InChI=1S/C13H17N3O/c1-10-2-3-12(17)11(8-10)9-14-5-4-13-15-6-7-16-13/h2-3,6-8,14,17H,4-5,9H2,1H3,(H,15,16). The number of hydrogen-bond acceptors (Lipinski definition) is 3. The van der Waals surface area contributed by atoms with Gasteiger partial charge in [-0.2, -0.15) is 0 Å². The summed E-state index contributed by atoms with van der Waals surface area (Å²) in [5.41, 5.74) is 2.09. The van der Waals surface area contributed by atoms with Crippen molar-refractivity contribution in [2.24, 2.45) is 0 Å². The maximum Gasteiger partial charge on any atom is 0.120 e. The van der Waals surface area contributed by atoms with Gasteiger partial charge >= 0.3 is 0 Å². The molecule has 1 heterocycles. The predicted octanol–water partition coefficient (Wildman–Crippen LogP) is 1.76. The van der Waals surface area contributed by atoms with E-state index < -0.39 is 0 Å². The number of aromatic nitrogens is 2. The molecule has 3 N–H and O–H groups in total.